The second-order valence-corrected chi connectivity index (χ2v) is 5.34. The average Bonchev–Trinajstić information content (AvgIpc) is 2.13. The van der Waals surface area contributed by atoms with E-state index >= 15 is 0 Å². The van der Waals surface area contributed by atoms with E-state index in [1.165, 1.54) is 0 Å². The van der Waals surface area contributed by atoms with Crippen LogP contribution >= 0.6 is 0 Å². The highest BCUT2D eigenvalue weighted by Crippen LogP contribution is 2.19. The van der Waals surface area contributed by atoms with E-state index in [-0.39, 0.29) is 11.1 Å². The maximum atomic E-state index is 8.58. The maximum Gasteiger partial charge on any atom is 0.178 e. The fourth-order valence-electron chi connectivity index (χ4n) is 0.818. The van der Waals surface area contributed by atoms with Crippen LogP contribution in [0, 0.1) is 11.3 Å². The Morgan fingerprint density at radius 1 is 1.50 bits per heavy atom. The molecule has 0 aliphatic carbocycles. The van der Waals surface area contributed by atoms with Crippen molar-refractivity contribution in [1.82, 2.24) is 0 Å². The highest BCUT2D eigenvalue weighted by atomic mass is 28.2. The van der Waals surface area contributed by atoms with Gasteiger partial charge in [-0.15, -0.1) is 0 Å². The summed E-state index contributed by atoms with van der Waals surface area (Å²) in [6.07, 6.45) is 2.07. The normalized spacial score (nSPS) is 14.9. The second kappa shape index (κ2) is 5.34. The second-order valence-electron chi connectivity index (χ2n) is 3.50. The molecule has 12 heavy (non-hydrogen) atoms. The van der Waals surface area contributed by atoms with Crippen LogP contribution in [0.4, 0.5) is 0 Å². The minimum atomic E-state index is -0.652. The lowest BCUT2D eigenvalue weighted by Crippen LogP contribution is -2.29. The largest absolute Gasteiger partial charge is 0.418 e. The Labute approximate surface area is 77.9 Å². The SMILES string of the molecule is CCC(C)(CC)O[SiH2]C(C)C#N. The molecule has 1 unspecified atom stereocenters. The molecule has 0 aromatic heterocycles. The van der Waals surface area contributed by atoms with Gasteiger partial charge in [0.25, 0.3) is 0 Å². The molecule has 0 rings (SSSR count). The molecule has 2 nitrogen and oxygen atoms in total. The molecular formula is C9H19NOSi. The first-order valence-corrected chi connectivity index (χ1v) is 6.01. The van der Waals surface area contributed by atoms with Gasteiger partial charge >= 0.3 is 0 Å². The molecule has 70 valence electrons. The van der Waals surface area contributed by atoms with Crippen LogP contribution in [-0.2, 0) is 4.43 Å². The van der Waals surface area contributed by atoms with Crippen molar-refractivity contribution >= 4 is 9.76 Å². The third-order valence-corrected chi connectivity index (χ3v) is 3.94. The van der Waals surface area contributed by atoms with Crippen LogP contribution in [0.1, 0.15) is 40.5 Å². The van der Waals surface area contributed by atoms with E-state index in [2.05, 4.69) is 26.8 Å². The fraction of sp³-hybridized carbons (Fsp3) is 0.889. The van der Waals surface area contributed by atoms with Gasteiger partial charge in [-0.25, -0.2) is 0 Å². The van der Waals surface area contributed by atoms with Gasteiger partial charge in [-0.3, -0.25) is 0 Å². The van der Waals surface area contributed by atoms with Crippen molar-refractivity contribution in [1.29, 1.82) is 5.26 Å². The summed E-state index contributed by atoms with van der Waals surface area (Å²) in [5.41, 5.74) is 0.166. The van der Waals surface area contributed by atoms with E-state index in [0.29, 0.717) is 0 Å². The Kier molecular flexibility index (Phi) is 5.19. The highest BCUT2D eigenvalue weighted by Gasteiger charge is 2.20. The Balaban J connectivity index is 3.82. The number of hydrogen-bond acceptors (Lipinski definition) is 2. The topological polar surface area (TPSA) is 33.0 Å². The quantitative estimate of drug-likeness (QED) is 0.614. The van der Waals surface area contributed by atoms with Gasteiger partial charge in [0.05, 0.1) is 17.2 Å². The monoisotopic (exact) mass is 185 g/mol. The zero-order chi connectivity index (χ0) is 9.61. The molecule has 0 bridgehead atoms. The molecule has 0 saturated carbocycles. The number of hydrogen-bond donors (Lipinski definition) is 0. The summed E-state index contributed by atoms with van der Waals surface area (Å²) >= 11 is 0. The standard InChI is InChI=1S/C9H19NOSi/c1-5-9(4,6-2)11-12-8(3)7-10/h8H,5-6,12H2,1-4H3. The molecule has 0 saturated heterocycles. The molecule has 0 fully saturated rings. The molecule has 0 spiro atoms. The zero-order valence-corrected chi connectivity index (χ0v) is 9.97. The number of nitrogens with zero attached hydrogens (tertiary/aromatic N) is 1. The lowest BCUT2D eigenvalue weighted by atomic mass is 10.0. The third kappa shape index (κ3) is 3.89. The first-order valence-electron chi connectivity index (χ1n) is 4.61. The van der Waals surface area contributed by atoms with Crippen LogP contribution in [0.5, 0.6) is 0 Å². The summed E-state index contributed by atoms with van der Waals surface area (Å²) in [7, 11) is -0.652. The lowest BCUT2D eigenvalue weighted by molar-refractivity contribution is 0.0843. The molecule has 0 aliphatic rings. The van der Waals surface area contributed by atoms with E-state index in [0.717, 1.165) is 12.8 Å². The Bertz CT molecular complexity index is 160. The van der Waals surface area contributed by atoms with Crippen LogP contribution in [0.3, 0.4) is 0 Å². The molecular weight excluding hydrogens is 166 g/mol. The summed E-state index contributed by atoms with van der Waals surface area (Å²) in [6.45, 7) is 8.34. The molecule has 3 heteroatoms. The van der Waals surface area contributed by atoms with Gasteiger partial charge in [0.15, 0.2) is 9.76 Å². The molecule has 0 N–H and O–H groups in total. The molecule has 0 heterocycles. The minimum Gasteiger partial charge on any atom is -0.418 e. The Hall–Kier alpha value is -0.333. The van der Waals surface area contributed by atoms with E-state index in [9.17, 15) is 0 Å². The van der Waals surface area contributed by atoms with E-state index in [1.54, 1.807) is 0 Å². The van der Waals surface area contributed by atoms with E-state index < -0.39 is 9.76 Å². The summed E-state index contributed by atoms with van der Waals surface area (Å²) in [5.74, 6) is 0. The first kappa shape index (κ1) is 11.7. The predicted molar refractivity (Wildman–Crippen MR) is 53.7 cm³/mol. The van der Waals surface area contributed by atoms with Crippen molar-refractivity contribution in [3.63, 3.8) is 0 Å². The van der Waals surface area contributed by atoms with Crippen molar-refractivity contribution in [3.05, 3.63) is 0 Å². The van der Waals surface area contributed by atoms with E-state index in [1.807, 2.05) is 6.92 Å². The summed E-state index contributed by atoms with van der Waals surface area (Å²) in [6, 6.07) is 2.22. The molecule has 0 aromatic carbocycles. The highest BCUT2D eigenvalue weighted by molar-refractivity contribution is 6.30. The summed E-state index contributed by atoms with van der Waals surface area (Å²) in [5, 5.41) is 8.58. The van der Waals surface area contributed by atoms with Crippen LogP contribution in [0.2, 0.25) is 5.54 Å². The molecule has 1 atom stereocenters. The molecule has 0 aliphatic heterocycles. The smallest absolute Gasteiger partial charge is 0.178 e. The van der Waals surface area contributed by atoms with Gasteiger partial charge in [-0.2, -0.15) is 5.26 Å². The zero-order valence-electron chi connectivity index (χ0n) is 8.55. The Morgan fingerprint density at radius 2 is 2.00 bits per heavy atom. The van der Waals surface area contributed by atoms with Crippen LogP contribution in [0.25, 0.3) is 0 Å². The number of rotatable bonds is 5. The van der Waals surface area contributed by atoms with Gasteiger partial charge in [-0.1, -0.05) is 20.8 Å². The van der Waals surface area contributed by atoms with Crippen LogP contribution < -0.4 is 0 Å². The van der Waals surface area contributed by atoms with Crippen molar-refractivity contribution in [2.45, 2.75) is 51.7 Å². The van der Waals surface area contributed by atoms with Gasteiger partial charge in [-0.05, 0) is 19.8 Å². The maximum absolute atomic E-state index is 8.58. The molecule has 0 radical (unpaired) electrons. The summed E-state index contributed by atoms with van der Waals surface area (Å²) < 4.78 is 5.80. The summed E-state index contributed by atoms with van der Waals surface area (Å²) in [4.78, 5) is 0. The average molecular weight is 185 g/mol. The van der Waals surface area contributed by atoms with Crippen molar-refractivity contribution in [3.8, 4) is 6.07 Å². The van der Waals surface area contributed by atoms with Gasteiger partial charge < -0.3 is 4.43 Å². The van der Waals surface area contributed by atoms with Crippen molar-refractivity contribution < 1.29 is 4.43 Å². The Morgan fingerprint density at radius 3 is 2.33 bits per heavy atom. The minimum absolute atomic E-state index is 0.0251. The lowest BCUT2D eigenvalue weighted by Gasteiger charge is -2.28. The van der Waals surface area contributed by atoms with E-state index in [4.69, 9.17) is 9.69 Å². The number of nitriles is 1. The van der Waals surface area contributed by atoms with Gasteiger partial charge in [0, 0.05) is 0 Å². The molecule has 0 aromatic rings. The van der Waals surface area contributed by atoms with Crippen LogP contribution in [-0.4, -0.2) is 15.4 Å². The third-order valence-electron chi connectivity index (χ3n) is 2.40. The fourth-order valence-corrected chi connectivity index (χ4v) is 1.95. The predicted octanol–water partition coefficient (Wildman–Crippen LogP) is 2.00. The van der Waals surface area contributed by atoms with Crippen LogP contribution in [0.15, 0.2) is 0 Å². The van der Waals surface area contributed by atoms with Gasteiger partial charge in [0.1, 0.15) is 0 Å². The first-order chi connectivity index (χ1) is 5.58. The molecule has 0 amide bonds. The van der Waals surface area contributed by atoms with Gasteiger partial charge in [0.2, 0.25) is 0 Å². The van der Waals surface area contributed by atoms with Crippen molar-refractivity contribution in [2.75, 3.05) is 0 Å². The van der Waals surface area contributed by atoms with Crippen molar-refractivity contribution in [2.24, 2.45) is 0 Å².